The van der Waals surface area contributed by atoms with Gasteiger partial charge in [-0.15, -0.1) is 0 Å². The Balaban J connectivity index is 6.23. The van der Waals surface area contributed by atoms with E-state index in [0.717, 1.165) is 12.8 Å². The summed E-state index contributed by atoms with van der Waals surface area (Å²) in [4.78, 5) is 0. The fourth-order valence-corrected chi connectivity index (χ4v) is 29.0. The zero-order chi connectivity index (χ0) is 20.6. The first-order valence-corrected chi connectivity index (χ1v) is 20.6. The van der Waals surface area contributed by atoms with E-state index in [1.54, 1.807) is 0 Å². The molecule has 0 aliphatic rings. The van der Waals surface area contributed by atoms with Crippen molar-refractivity contribution in [1.82, 2.24) is 0 Å². The van der Waals surface area contributed by atoms with Crippen molar-refractivity contribution in [2.45, 2.75) is 113 Å². The maximum atomic E-state index is 14.0. The van der Waals surface area contributed by atoms with Crippen LogP contribution in [0.3, 0.4) is 0 Å². The summed E-state index contributed by atoms with van der Waals surface area (Å²) < 4.78 is 30.9. The molecule has 0 amide bonds. The van der Waals surface area contributed by atoms with Gasteiger partial charge in [0.1, 0.15) is 0 Å². The molecule has 0 aliphatic heterocycles. The molecule has 162 valence electrons. The quantitative estimate of drug-likeness (QED) is 0.105. The molecule has 27 heavy (non-hydrogen) atoms. The van der Waals surface area contributed by atoms with Crippen LogP contribution in [0, 0.1) is 0 Å². The Bertz CT molecular complexity index is 405. The van der Waals surface area contributed by atoms with Gasteiger partial charge in [0.2, 0.25) is 0 Å². The van der Waals surface area contributed by atoms with Gasteiger partial charge in [-0.05, 0) is 0 Å². The summed E-state index contributed by atoms with van der Waals surface area (Å²) >= 11 is -2.85. The van der Waals surface area contributed by atoms with E-state index in [1.165, 1.54) is 61.6 Å². The molecule has 0 atom stereocenters. The Morgan fingerprint density at radius 3 is 1.48 bits per heavy atom. The fraction of sp³-hybridized carbons (Fsp3) is 0.909. The Hall–Kier alpha value is 0.689. The Kier molecular flexibility index (Phi) is 16.9. The molecular weight excluding hydrogens is 462 g/mol. The van der Waals surface area contributed by atoms with Crippen LogP contribution in [-0.4, -0.2) is 31.6 Å². The third kappa shape index (κ3) is 9.83. The average Bonchev–Trinajstić information content (AvgIpc) is 2.66. The van der Waals surface area contributed by atoms with Gasteiger partial charge in [-0.25, -0.2) is 0 Å². The van der Waals surface area contributed by atoms with Gasteiger partial charge in [-0.1, -0.05) is 0 Å². The van der Waals surface area contributed by atoms with Crippen molar-refractivity contribution in [1.29, 1.82) is 0 Å². The molecule has 0 aliphatic carbocycles. The molecule has 0 fully saturated rings. The molecule has 0 saturated carbocycles. The Labute approximate surface area is 174 Å². The van der Waals surface area contributed by atoms with E-state index in [-0.39, 0.29) is 0 Å². The first kappa shape index (κ1) is 27.7. The van der Waals surface area contributed by atoms with E-state index in [2.05, 4.69) is 33.8 Å². The van der Waals surface area contributed by atoms with Crippen LogP contribution in [0.15, 0.2) is 9.41 Å². The molecule has 0 aromatic rings. The number of allylic oxidation sites excluding steroid dienone is 1. The van der Waals surface area contributed by atoms with Crippen molar-refractivity contribution in [3.63, 3.8) is 0 Å². The molecule has 0 aromatic carbocycles. The van der Waals surface area contributed by atoms with E-state index in [1.807, 2.05) is 13.8 Å². The molecule has 0 saturated heterocycles. The van der Waals surface area contributed by atoms with E-state index in [0.29, 0.717) is 13.2 Å². The minimum atomic E-state index is -3.16. The second-order valence-corrected chi connectivity index (χ2v) is 24.0. The zero-order valence-corrected chi connectivity index (χ0v) is 22.9. The van der Waals surface area contributed by atoms with Crippen LogP contribution in [0.25, 0.3) is 0 Å². The summed E-state index contributed by atoms with van der Waals surface area (Å²) in [6.07, 6.45) is 13.1. The molecule has 0 N–H and O–H groups in total. The van der Waals surface area contributed by atoms with Gasteiger partial charge >= 0.3 is 175 Å². The molecule has 0 heterocycles. The normalized spacial score (nSPS) is 13.3. The number of hydrogen-bond acceptors (Lipinski definition) is 3. The molecule has 3 nitrogen and oxygen atoms in total. The number of unbranched alkanes of at least 4 members (excludes halogenated alkanes) is 5. The maximum absolute atomic E-state index is 14.0. The van der Waals surface area contributed by atoms with Crippen LogP contribution in [0.1, 0.15) is 99.3 Å². The Morgan fingerprint density at radius 2 is 1.15 bits per heavy atom. The first-order chi connectivity index (χ1) is 13.0. The van der Waals surface area contributed by atoms with Crippen LogP contribution >= 0.6 is 7.60 Å². The van der Waals surface area contributed by atoms with Gasteiger partial charge < -0.3 is 0 Å². The van der Waals surface area contributed by atoms with Crippen LogP contribution in [0.4, 0.5) is 0 Å². The third-order valence-electron chi connectivity index (χ3n) is 5.36. The SMILES string of the molecule is CCCC/C=[C](\P(=O)(OCC)OCC)[Sn]([CH2]CCC)([CH2]CCC)[CH2]CCC. The van der Waals surface area contributed by atoms with Crippen LogP contribution < -0.4 is 0 Å². The van der Waals surface area contributed by atoms with Crippen LogP contribution in [-0.2, 0) is 13.6 Å². The van der Waals surface area contributed by atoms with E-state index in [9.17, 15) is 4.57 Å². The van der Waals surface area contributed by atoms with E-state index < -0.39 is 26.0 Å². The van der Waals surface area contributed by atoms with Crippen molar-refractivity contribution in [2.75, 3.05) is 13.2 Å². The summed E-state index contributed by atoms with van der Waals surface area (Å²) in [7, 11) is -3.16. The fourth-order valence-electron chi connectivity index (χ4n) is 3.88. The van der Waals surface area contributed by atoms with Crippen molar-refractivity contribution in [3.05, 3.63) is 9.41 Å². The standard InChI is InChI=1S/C10H20O3P.3C4H9.Sn/c1-4-7-8-9-10-14(11,12-5-2)13-6-3;3*1-3-4-2;/h9H,4-8H2,1-3H3;3*1,3-4H2,2H3;. The first-order valence-electron chi connectivity index (χ1n) is 11.6. The molecule has 5 heteroatoms. The number of rotatable bonds is 18. The zero-order valence-electron chi connectivity index (χ0n) is 19.1. The van der Waals surface area contributed by atoms with Crippen molar-refractivity contribution >= 4 is 26.0 Å². The van der Waals surface area contributed by atoms with Gasteiger partial charge in [0.15, 0.2) is 0 Å². The summed E-state index contributed by atoms with van der Waals surface area (Å²) in [6, 6.07) is 0. The third-order valence-corrected chi connectivity index (χ3v) is 27.8. The minimum absolute atomic E-state index is 0.458. The molecule has 0 radical (unpaired) electrons. The van der Waals surface area contributed by atoms with Crippen LogP contribution in [0.5, 0.6) is 0 Å². The average molecular weight is 509 g/mol. The van der Waals surface area contributed by atoms with Crippen molar-refractivity contribution < 1.29 is 13.6 Å². The summed E-state index contributed by atoms with van der Waals surface area (Å²) in [5.74, 6) is 0. The molecule has 0 bridgehead atoms. The number of hydrogen-bond donors (Lipinski definition) is 0. The van der Waals surface area contributed by atoms with Gasteiger partial charge in [0.25, 0.3) is 0 Å². The summed E-state index contributed by atoms with van der Waals surface area (Å²) in [5.41, 5.74) is 0. The molecular formula is C22H47O3PSn. The van der Waals surface area contributed by atoms with Gasteiger partial charge in [-0.3, -0.25) is 0 Å². The summed E-state index contributed by atoms with van der Waals surface area (Å²) in [5, 5.41) is 0. The van der Waals surface area contributed by atoms with E-state index >= 15 is 0 Å². The topological polar surface area (TPSA) is 35.5 Å². The van der Waals surface area contributed by atoms with Crippen molar-refractivity contribution in [2.24, 2.45) is 0 Å². The molecule has 0 spiro atoms. The van der Waals surface area contributed by atoms with Crippen LogP contribution in [0.2, 0.25) is 13.3 Å². The second-order valence-electron chi connectivity index (χ2n) is 7.66. The predicted octanol–water partition coefficient (Wildman–Crippen LogP) is 8.71. The van der Waals surface area contributed by atoms with Gasteiger partial charge in [0.05, 0.1) is 0 Å². The molecule has 0 aromatic heterocycles. The van der Waals surface area contributed by atoms with E-state index in [4.69, 9.17) is 9.05 Å². The molecule has 0 rings (SSSR count). The van der Waals surface area contributed by atoms with Gasteiger partial charge in [0, 0.05) is 0 Å². The van der Waals surface area contributed by atoms with Gasteiger partial charge in [-0.2, -0.15) is 0 Å². The van der Waals surface area contributed by atoms with Crippen molar-refractivity contribution in [3.8, 4) is 0 Å². The predicted molar refractivity (Wildman–Crippen MR) is 123 cm³/mol. The molecule has 0 unspecified atom stereocenters. The summed E-state index contributed by atoms with van der Waals surface area (Å²) in [6.45, 7) is 13.9. The second kappa shape index (κ2) is 16.5. The Morgan fingerprint density at radius 1 is 0.741 bits per heavy atom. The monoisotopic (exact) mass is 510 g/mol.